The second-order valence-electron chi connectivity index (χ2n) is 3.77. The van der Waals surface area contributed by atoms with E-state index in [9.17, 15) is 4.79 Å². The zero-order valence-corrected chi connectivity index (χ0v) is 12.7. The molecular formula is C12H15BrN2O2S. The zero-order valence-electron chi connectivity index (χ0n) is 10.3. The van der Waals surface area contributed by atoms with E-state index in [1.807, 2.05) is 30.1 Å². The van der Waals surface area contributed by atoms with E-state index in [2.05, 4.69) is 20.7 Å². The largest absolute Gasteiger partial charge is 0.469 e. The number of esters is 1. The maximum absolute atomic E-state index is 11.1. The molecule has 1 rings (SSSR count). The number of nitrogens with two attached hydrogens (primary N) is 1. The average Bonchev–Trinajstić information content (AvgIpc) is 2.34. The zero-order chi connectivity index (χ0) is 13.7. The van der Waals surface area contributed by atoms with Crippen LogP contribution >= 0.6 is 28.1 Å². The van der Waals surface area contributed by atoms with Gasteiger partial charge in [0, 0.05) is 29.3 Å². The van der Waals surface area contributed by atoms with Gasteiger partial charge in [0.25, 0.3) is 0 Å². The third-order valence-corrected chi connectivity index (χ3v) is 3.23. The summed E-state index contributed by atoms with van der Waals surface area (Å²) in [5.74, 6) is -0.242. The molecule has 0 saturated heterocycles. The second-order valence-corrected chi connectivity index (χ2v) is 5.13. The van der Waals surface area contributed by atoms with Crippen molar-refractivity contribution in [3.63, 3.8) is 0 Å². The lowest BCUT2D eigenvalue weighted by Crippen LogP contribution is -2.24. The summed E-state index contributed by atoms with van der Waals surface area (Å²) in [6.45, 7) is 0.540. The lowest BCUT2D eigenvalue weighted by atomic mass is 10.1. The fourth-order valence-corrected chi connectivity index (χ4v) is 2.03. The number of thiocarbonyl (C=S) groups is 1. The Bertz CT molecular complexity index is 465. The normalized spacial score (nSPS) is 9.94. The van der Waals surface area contributed by atoms with Crippen molar-refractivity contribution in [3.8, 4) is 0 Å². The van der Waals surface area contributed by atoms with Crippen LogP contribution in [0.5, 0.6) is 0 Å². The van der Waals surface area contributed by atoms with Crippen LogP contribution in [0.15, 0.2) is 22.7 Å². The van der Waals surface area contributed by atoms with Gasteiger partial charge in [0.05, 0.1) is 13.5 Å². The summed E-state index contributed by atoms with van der Waals surface area (Å²) < 4.78 is 5.55. The van der Waals surface area contributed by atoms with Crippen LogP contribution in [-0.2, 0) is 9.53 Å². The Balaban J connectivity index is 2.89. The Hall–Kier alpha value is -1.14. The lowest BCUT2D eigenvalue weighted by Gasteiger charge is -2.22. The summed E-state index contributed by atoms with van der Waals surface area (Å²) in [4.78, 5) is 13.4. The van der Waals surface area contributed by atoms with E-state index in [4.69, 9.17) is 18.0 Å². The van der Waals surface area contributed by atoms with Gasteiger partial charge in [-0.15, -0.1) is 0 Å². The van der Waals surface area contributed by atoms with Crippen molar-refractivity contribution in [1.29, 1.82) is 0 Å². The number of benzene rings is 1. The third kappa shape index (κ3) is 3.96. The van der Waals surface area contributed by atoms with Crippen molar-refractivity contribution in [1.82, 2.24) is 0 Å². The van der Waals surface area contributed by atoms with E-state index in [1.165, 1.54) is 7.11 Å². The Labute approximate surface area is 120 Å². The monoisotopic (exact) mass is 330 g/mol. The molecule has 0 aliphatic rings. The van der Waals surface area contributed by atoms with Crippen LogP contribution in [0.4, 0.5) is 5.69 Å². The summed E-state index contributed by atoms with van der Waals surface area (Å²) in [7, 11) is 3.26. The summed E-state index contributed by atoms with van der Waals surface area (Å²) >= 11 is 8.42. The number of halogens is 1. The van der Waals surface area contributed by atoms with Gasteiger partial charge in [0.2, 0.25) is 0 Å². The van der Waals surface area contributed by atoms with Gasteiger partial charge in [0.15, 0.2) is 0 Å². The van der Waals surface area contributed by atoms with Gasteiger partial charge in [0.1, 0.15) is 4.99 Å². The highest BCUT2D eigenvalue weighted by Crippen LogP contribution is 2.24. The van der Waals surface area contributed by atoms with E-state index < -0.39 is 0 Å². The Morgan fingerprint density at radius 3 is 2.78 bits per heavy atom. The molecule has 0 atom stereocenters. The average molecular weight is 331 g/mol. The van der Waals surface area contributed by atoms with E-state index >= 15 is 0 Å². The van der Waals surface area contributed by atoms with Crippen molar-refractivity contribution >= 4 is 44.8 Å². The van der Waals surface area contributed by atoms with Gasteiger partial charge in [-0.1, -0.05) is 28.1 Å². The second kappa shape index (κ2) is 6.70. The van der Waals surface area contributed by atoms with Crippen LogP contribution in [-0.4, -0.2) is 31.7 Å². The molecule has 98 valence electrons. The van der Waals surface area contributed by atoms with Crippen LogP contribution in [0.3, 0.4) is 0 Å². The van der Waals surface area contributed by atoms with Crippen molar-refractivity contribution in [2.24, 2.45) is 5.73 Å². The Kier molecular flexibility index (Phi) is 5.55. The molecule has 0 aromatic heterocycles. The number of nitrogens with zero attached hydrogens (tertiary/aromatic N) is 1. The first-order chi connectivity index (χ1) is 8.45. The van der Waals surface area contributed by atoms with Gasteiger partial charge in [-0.05, 0) is 18.2 Å². The maximum Gasteiger partial charge on any atom is 0.307 e. The highest BCUT2D eigenvalue weighted by molar-refractivity contribution is 9.10. The molecular weight excluding hydrogens is 316 g/mol. The molecule has 18 heavy (non-hydrogen) atoms. The number of rotatable bonds is 5. The van der Waals surface area contributed by atoms with E-state index in [0.29, 0.717) is 18.0 Å². The van der Waals surface area contributed by atoms with Crippen molar-refractivity contribution in [2.45, 2.75) is 6.42 Å². The minimum Gasteiger partial charge on any atom is -0.469 e. The standard InChI is InChI=1S/C12H15BrN2O2S/c1-15(6-5-11(16)17-2)10-7-8(13)3-4-9(10)12(14)18/h3-4,7H,5-6H2,1-2H3,(H2,14,18). The van der Waals surface area contributed by atoms with Gasteiger partial charge in [-0.3, -0.25) is 4.79 Å². The van der Waals surface area contributed by atoms with Crippen LogP contribution in [0.2, 0.25) is 0 Å². The van der Waals surface area contributed by atoms with Gasteiger partial charge in [-0.2, -0.15) is 0 Å². The van der Waals surface area contributed by atoms with Crippen LogP contribution in [0.25, 0.3) is 0 Å². The molecule has 0 aliphatic carbocycles. The number of hydrogen-bond donors (Lipinski definition) is 1. The molecule has 0 fully saturated rings. The Morgan fingerprint density at radius 2 is 2.22 bits per heavy atom. The third-order valence-electron chi connectivity index (χ3n) is 2.52. The quantitative estimate of drug-likeness (QED) is 0.661. The van der Waals surface area contributed by atoms with Crippen molar-refractivity contribution < 1.29 is 9.53 Å². The first-order valence-corrected chi connectivity index (χ1v) is 6.53. The summed E-state index contributed by atoms with van der Waals surface area (Å²) in [6, 6.07) is 5.66. The first-order valence-electron chi connectivity index (χ1n) is 5.33. The molecule has 2 N–H and O–H groups in total. The molecule has 0 radical (unpaired) electrons. The molecule has 1 aromatic carbocycles. The van der Waals surface area contributed by atoms with Crippen LogP contribution < -0.4 is 10.6 Å². The van der Waals surface area contributed by atoms with E-state index in [0.717, 1.165) is 15.7 Å². The van der Waals surface area contributed by atoms with Crippen molar-refractivity contribution in [2.75, 3.05) is 25.6 Å². The lowest BCUT2D eigenvalue weighted by molar-refractivity contribution is -0.140. The smallest absolute Gasteiger partial charge is 0.307 e. The number of hydrogen-bond acceptors (Lipinski definition) is 4. The minimum absolute atomic E-state index is 0.242. The van der Waals surface area contributed by atoms with Crippen molar-refractivity contribution in [3.05, 3.63) is 28.2 Å². The molecule has 0 heterocycles. The molecule has 0 unspecified atom stereocenters. The predicted molar refractivity (Wildman–Crippen MR) is 79.9 cm³/mol. The number of methoxy groups -OCH3 is 1. The van der Waals surface area contributed by atoms with E-state index in [-0.39, 0.29) is 5.97 Å². The van der Waals surface area contributed by atoms with Crippen LogP contribution in [0.1, 0.15) is 12.0 Å². The van der Waals surface area contributed by atoms with Gasteiger partial charge < -0.3 is 15.4 Å². The fraction of sp³-hybridized carbons (Fsp3) is 0.333. The van der Waals surface area contributed by atoms with Crippen LogP contribution in [0, 0.1) is 0 Å². The number of carbonyl (C=O) groups excluding carboxylic acids is 1. The SMILES string of the molecule is COC(=O)CCN(C)c1cc(Br)ccc1C(N)=S. The summed E-state index contributed by atoms with van der Waals surface area (Å²) in [5.41, 5.74) is 7.36. The maximum atomic E-state index is 11.1. The molecule has 6 heteroatoms. The fourth-order valence-electron chi connectivity index (χ4n) is 1.51. The summed E-state index contributed by atoms with van der Waals surface area (Å²) in [6.07, 6.45) is 0.316. The number of carbonyl (C=O) groups is 1. The van der Waals surface area contributed by atoms with Gasteiger partial charge >= 0.3 is 5.97 Å². The highest BCUT2D eigenvalue weighted by atomic mass is 79.9. The highest BCUT2D eigenvalue weighted by Gasteiger charge is 2.11. The molecule has 1 aromatic rings. The predicted octanol–water partition coefficient (Wildman–Crippen LogP) is 2.08. The minimum atomic E-state index is -0.242. The first kappa shape index (κ1) is 14.9. The Morgan fingerprint density at radius 1 is 1.56 bits per heavy atom. The molecule has 0 aliphatic heterocycles. The molecule has 0 spiro atoms. The molecule has 4 nitrogen and oxygen atoms in total. The number of ether oxygens (including phenoxy) is 1. The molecule has 0 saturated carbocycles. The molecule has 0 bridgehead atoms. The topological polar surface area (TPSA) is 55.6 Å². The number of anilines is 1. The van der Waals surface area contributed by atoms with Gasteiger partial charge in [-0.25, -0.2) is 0 Å². The molecule has 0 amide bonds. The summed E-state index contributed by atoms with van der Waals surface area (Å²) in [5, 5.41) is 0. The van der Waals surface area contributed by atoms with E-state index in [1.54, 1.807) is 0 Å².